The van der Waals surface area contributed by atoms with Crippen LogP contribution in [0.3, 0.4) is 0 Å². The zero-order chi connectivity index (χ0) is 38.9. The number of carbonyl (C=O) groups is 4. The standard InChI is InChI=1S/C24H24N4O4.C18H23N3O/c1-16(27-22(29)19-6-2-4-12-25-19)14-17-8-10-18(11-9-17)15-21(24(31)32)28-23(30)20-7-3-5-13-26-20;1-13(19)11-15-6-8-16(9-7-15)12-14(2)21-18(22)17-5-3-4-10-20-17/h2-13,16,21H,14-15H2,1H3,(H,27,29)(H,28,30)(H,31,32);3-10,13-14H,11-12,19H2,1-2H3,(H,21,22)/t16-,21?;13-,14-/m00/s1. The first-order valence-corrected chi connectivity index (χ1v) is 17.8. The van der Waals surface area contributed by atoms with Crippen molar-refractivity contribution in [3.63, 3.8) is 0 Å². The van der Waals surface area contributed by atoms with Crippen molar-refractivity contribution in [2.45, 2.75) is 70.6 Å². The van der Waals surface area contributed by atoms with Gasteiger partial charge < -0.3 is 26.8 Å². The number of hydrogen-bond acceptors (Lipinski definition) is 8. The molecule has 3 heterocycles. The topological polar surface area (TPSA) is 189 Å². The highest BCUT2D eigenvalue weighted by Gasteiger charge is 2.22. The quantitative estimate of drug-likeness (QED) is 0.103. The van der Waals surface area contributed by atoms with Gasteiger partial charge in [-0.3, -0.25) is 29.3 Å². The Labute approximate surface area is 315 Å². The average molecular weight is 730 g/mol. The molecule has 54 heavy (non-hydrogen) atoms. The molecule has 280 valence electrons. The molecule has 5 aromatic rings. The number of rotatable bonds is 15. The molecule has 0 aliphatic heterocycles. The lowest BCUT2D eigenvalue weighted by Gasteiger charge is -2.16. The van der Waals surface area contributed by atoms with E-state index in [2.05, 4.69) is 55.2 Å². The summed E-state index contributed by atoms with van der Waals surface area (Å²) >= 11 is 0. The van der Waals surface area contributed by atoms with Crippen LogP contribution in [0.4, 0.5) is 0 Å². The van der Waals surface area contributed by atoms with Crippen LogP contribution in [0, 0.1) is 0 Å². The molecule has 6 N–H and O–H groups in total. The summed E-state index contributed by atoms with van der Waals surface area (Å²) in [6.45, 7) is 5.90. The normalized spacial score (nSPS) is 12.8. The van der Waals surface area contributed by atoms with Crippen molar-refractivity contribution >= 4 is 23.7 Å². The number of carboxylic acids is 1. The van der Waals surface area contributed by atoms with Gasteiger partial charge in [0.2, 0.25) is 0 Å². The highest BCUT2D eigenvalue weighted by molar-refractivity contribution is 5.95. The highest BCUT2D eigenvalue weighted by atomic mass is 16.4. The van der Waals surface area contributed by atoms with Gasteiger partial charge in [0.15, 0.2) is 0 Å². The van der Waals surface area contributed by atoms with Crippen LogP contribution in [-0.2, 0) is 30.5 Å². The van der Waals surface area contributed by atoms with E-state index in [0.29, 0.717) is 17.8 Å². The maximum absolute atomic E-state index is 12.2. The molecule has 5 rings (SSSR count). The molecule has 12 nitrogen and oxygen atoms in total. The van der Waals surface area contributed by atoms with E-state index in [1.165, 1.54) is 23.4 Å². The number of aliphatic carboxylic acids is 1. The number of carboxylic acid groups (broad SMARTS) is 1. The fraction of sp³-hybridized carbons (Fsp3) is 0.262. The third-order valence-corrected chi connectivity index (χ3v) is 8.18. The largest absolute Gasteiger partial charge is 0.480 e. The summed E-state index contributed by atoms with van der Waals surface area (Å²) in [5.74, 6) is -2.03. The first-order chi connectivity index (χ1) is 26.0. The molecule has 2 aromatic carbocycles. The Morgan fingerprint density at radius 3 is 1.17 bits per heavy atom. The summed E-state index contributed by atoms with van der Waals surface area (Å²) in [4.78, 5) is 60.1. The van der Waals surface area contributed by atoms with Crippen molar-refractivity contribution in [1.29, 1.82) is 0 Å². The summed E-state index contributed by atoms with van der Waals surface area (Å²) in [6, 6.07) is 30.2. The number of pyridine rings is 3. The van der Waals surface area contributed by atoms with Crippen LogP contribution >= 0.6 is 0 Å². The predicted molar refractivity (Wildman–Crippen MR) is 207 cm³/mol. The van der Waals surface area contributed by atoms with Gasteiger partial charge in [-0.05, 0) is 98.7 Å². The van der Waals surface area contributed by atoms with Gasteiger partial charge in [0.1, 0.15) is 23.1 Å². The minimum atomic E-state index is -1.12. The van der Waals surface area contributed by atoms with Crippen molar-refractivity contribution in [2.24, 2.45) is 5.73 Å². The summed E-state index contributed by atoms with van der Waals surface area (Å²) in [6.07, 6.45) is 7.09. The van der Waals surface area contributed by atoms with E-state index >= 15 is 0 Å². The fourth-order valence-corrected chi connectivity index (χ4v) is 5.56. The summed E-state index contributed by atoms with van der Waals surface area (Å²) in [5, 5.41) is 17.9. The predicted octanol–water partition coefficient (Wildman–Crippen LogP) is 4.60. The van der Waals surface area contributed by atoms with Crippen molar-refractivity contribution in [3.8, 4) is 0 Å². The number of nitrogens with one attached hydrogen (secondary N) is 3. The number of hydrogen-bond donors (Lipinski definition) is 5. The van der Waals surface area contributed by atoms with Crippen LogP contribution in [0.1, 0.15) is 74.5 Å². The molecule has 0 saturated carbocycles. The van der Waals surface area contributed by atoms with Crippen molar-refractivity contribution in [3.05, 3.63) is 161 Å². The summed E-state index contributed by atoms with van der Waals surface area (Å²) < 4.78 is 0. The van der Waals surface area contributed by atoms with Crippen LogP contribution in [0.2, 0.25) is 0 Å². The van der Waals surface area contributed by atoms with Crippen molar-refractivity contribution in [1.82, 2.24) is 30.9 Å². The second-order valence-electron chi connectivity index (χ2n) is 13.2. The number of benzene rings is 2. The SMILES string of the molecule is C[C@@H](Cc1ccc(CC(NC(=O)c2ccccn2)C(=O)O)cc1)NC(=O)c1ccccn1.C[C@H](N)Cc1ccc(C[C@H](C)NC(=O)c2ccccn2)cc1. The Morgan fingerprint density at radius 2 is 0.852 bits per heavy atom. The molecule has 0 radical (unpaired) electrons. The maximum atomic E-state index is 12.2. The van der Waals surface area contributed by atoms with Gasteiger partial charge in [-0.15, -0.1) is 0 Å². The van der Waals surface area contributed by atoms with Crippen LogP contribution < -0.4 is 21.7 Å². The molecule has 1 unspecified atom stereocenters. The van der Waals surface area contributed by atoms with Gasteiger partial charge in [0.05, 0.1) is 0 Å². The molecule has 0 aliphatic carbocycles. The van der Waals surface area contributed by atoms with E-state index in [0.717, 1.165) is 24.0 Å². The highest BCUT2D eigenvalue weighted by Crippen LogP contribution is 2.12. The minimum Gasteiger partial charge on any atom is -0.480 e. The number of nitrogens with zero attached hydrogens (tertiary/aromatic N) is 3. The van der Waals surface area contributed by atoms with E-state index in [-0.39, 0.29) is 42.1 Å². The molecule has 4 atom stereocenters. The Bertz CT molecular complexity index is 1930. The van der Waals surface area contributed by atoms with Crippen molar-refractivity contribution in [2.75, 3.05) is 0 Å². The smallest absolute Gasteiger partial charge is 0.326 e. The monoisotopic (exact) mass is 729 g/mol. The van der Waals surface area contributed by atoms with E-state index in [4.69, 9.17) is 5.73 Å². The lowest BCUT2D eigenvalue weighted by molar-refractivity contribution is -0.139. The van der Waals surface area contributed by atoms with E-state index in [1.807, 2.05) is 51.1 Å². The molecule has 3 amide bonds. The first-order valence-electron chi connectivity index (χ1n) is 17.8. The molecule has 0 bridgehead atoms. The molecule has 0 aliphatic rings. The van der Waals surface area contributed by atoms with Gasteiger partial charge in [0.25, 0.3) is 17.7 Å². The number of amides is 3. The molecule has 12 heteroatoms. The Balaban J connectivity index is 0.000000258. The number of carbonyl (C=O) groups excluding carboxylic acids is 3. The number of nitrogens with two attached hydrogens (primary N) is 1. The van der Waals surface area contributed by atoms with Crippen LogP contribution in [0.25, 0.3) is 0 Å². The van der Waals surface area contributed by atoms with Crippen LogP contribution in [0.5, 0.6) is 0 Å². The fourth-order valence-electron chi connectivity index (χ4n) is 5.56. The average Bonchev–Trinajstić information content (AvgIpc) is 3.17. The summed E-state index contributed by atoms with van der Waals surface area (Å²) in [7, 11) is 0. The lowest BCUT2D eigenvalue weighted by Crippen LogP contribution is -2.42. The Kier molecular flexibility index (Phi) is 15.5. The second-order valence-corrected chi connectivity index (χ2v) is 13.2. The molecule has 0 fully saturated rings. The van der Waals surface area contributed by atoms with E-state index in [1.54, 1.807) is 54.9 Å². The number of aromatic nitrogens is 3. The van der Waals surface area contributed by atoms with Crippen LogP contribution in [0.15, 0.2) is 122 Å². The zero-order valence-electron chi connectivity index (χ0n) is 30.7. The maximum Gasteiger partial charge on any atom is 0.326 e. The van der Waals surface area contributed by atoms with Gasteiger partial charge in [-0.2, -0.15) is 0 Å². The molecule has 0 spiro atoms. The minimum absolute atomic E-state index is 0.0498. The molecule has 0 saturated heterocycles. The van der Waals surface area contributed by atoms with Crippen molar-refractivity contribution < 1.29 is 24.3 Å². The van der Waals surface area contributed by atoms with Gasteiger partial charge in [-0.1, -0.05) is 66.7 Å². The summed E-state index contributed by atoms with van der Waals surface area (Å²) in [5.41, 5.74) is 11.0. The van der Waals surface area contributed by atoms with E-state index in [9.17, 15) is 24.3 Å². The van der Waals surface area contributed by atoms with Gasteiger partial charge in [-0.25, -0.2) is 4.79 Å². The molecular weight excluding hydrogens is 683 g/mol. The third kappa shape index (κ3) is 13.7. The van der Waals surface area contributed by atoms with E-state index < -0.39 is 17.9 Å². The zero-order valence-corrected chi connectivity index (χ0v) is 30.7. The molecule has 3 aromatic heterocycles. The lowest BCUT2D eigenvalue weighted by atomic mass is 10.0. The van der Waals surface area contributed by atoms with Gasteiger partial charge >= 0.3 is 5.97 Å². The second kappa shape index (κ2) is 20.7. The molecular formula is C42H47N7O5. The third-order valence-electron chi connectivity index (χ3n) is 8.18. The first kappa shape index (κ1) is 40.5. The Morgan fingerprint density at radius 1 is 0.519 bits per heavy atom. The van der Waals surface area contributed by atoms with Crippen LogP contribution in [-0.4, -0.2) is 67.9 Å². The Hall–Kier alpha value is -6.27. The van der Waals surface area contributed by atoms with Gasteiger partial charge in [0, 0.05) is 43.1 Å².